The molecule has 3 aliphatic rings. The molecule has 2 amide bonds. The standard InChI is InChI=1S/C32H29NO4/c1-4-18-32-25(21-14-9-6-10-15-21)24(20-12-7-5-8-13-20)31(2,30(32)36)26-27(32)29(35)33(28(26)34)22-16-11-17-23(19-22)37-3/h5-17,19,26-27H,4,18H2,1-3H3/t26-,27-,31-,32+/m0/s1. The number of hydrogen-bond acceptors (Lipinski definition) is 4. The van der Waals surface area contributed by atoms with Crippen molar-refractivity contribution in [3.05, 3.63) is 96.1 Å². The van der Waals surface area contributed by atoms with Gasteiger partial charge in [0.25, 0.3) is 0 Å². The molecule has 0 unspecified atom stereocenters. The second-order valence-electron chi connectivity index (χ2n) is 10.4. The van der Waals surface area contributed by atoms with E-state index < -0.39 is 22.7 Å². The number of allylic oxidation sites excluding steroid dienone is 2. The number of fused-ring (bicyclic) bond motifs is 5. The van der Waals surface area contributed by atoms with E-state index in [2.05, 4.69) is 0 Å². The van der Waals surface area contributed by atoms with Gasteiger partial charge in [-0.1, -0.05) is 80.1 Å². The van der Waals surface area contributed by atoms with Crippen molar-refractivity contribution in [2.45, 2.75) is 26.7 Å². The van der Waals surface area contributed by atoms with Crippen LogP contribution < -0.4 is 9.64 Å². The first-order valence-electron chi connectivity index (χ1n) is 12.8. The minimum Gasteiger partial charge on any atom is -0.497 e. The Bertz CT molecular complexity index is 1460. The number of benzene rings is 3. The third kappa shape index (κ3) is 2.88. The first-order chi connectivity index (χ1) is 17.9. The Morgan fingerprint density at radius 1 is 0.784 bits per heavy atom. The largest absolute Gasteiger partial charge is 0.497 e. The number of hydrogen-bond donors (Lipinski definition) is 0. The van der Waals surface area contributed by atoms with E-state index in [1.807, 2.05) is 74.5 Å². The summed E-state index contributed by atoms with van der Waals surface area (Å²) in [5, 5.41) is 0. The molecule has 2 fully saturated rings. The lowest BCUT2D eigenvalue weighted by molar-refractivity contribution is -0.134. The Morgan fingerprint density at radius 2 is 1.38 bits per heavy atom. The van der Waals surface area contributed by atoms with Gasteiger partial charge >= 0.3 is 0 Å². The normalized spacial score (nSPS) is 28.3. The van der Waals surface area contributed by atoms with E-state index in [9.17, 15) is 14.4 Å². The number of imide groups is 1. The van der Waals surface area contributed by atoms with E-state index in [4.69, 9.17) is 4.74 Å². The van der Waals surface area contributed by atoms with Crippen molar-refractivity contribution >= 4 is 34.4 Å². The molecule has 6 rings (SSSR count). The molecule has 1 heterocycles. The molecule has 0 N–H and O–H groups in total. The first-order valence-corrected chi connectivity index (χ1v) is 12.8. The third-order valence-corrected chi connectivity index (χ3v) is 8.63. The summed E-state index contributed by atoms with van der Waals surface area (Å²) in [5.41, 5.74) is 1.94. The second-order valence-corrected chi connectivity index (χ2v) is 10.4. The lowest BCUT2D eigenvalue weighted by atomic mass is 9.61. The fourth-order valence-electron chi connectivity index (χ4n) is 7.36. The zero-order valence-corrected chi connectivity index (χ0v) is 21.2. The summed E-state index contributed by atoms with van der Waals surface area (Å²) in [6.45, 7) is 3.93. The highest BCUT2D eigenvalue weighted by molar-refractivity contribution is 6.34. The number of nitrogens with zero attached hydrogens (tertiary/aromatic N) is 1. The highest BCUT2D eigenvalue weighted by Crippen LogP contribution is 2.75. The molecule has 186 valence electrons. The van der Waals surface area contributed by atoms with Crippen molar-refractivity contribution in [3.8, 4) is 5.75 Å². The monoisotopic (exact) mass is 491 g/mol. The zero-order valence-electron chi connectivity index (χ0n) is 21.2. The summed E-state index contributed by atoms with van der Waals surface area (Å²) >= 11 is 0. The molecule has 5 nitrogen and oxygen atoms in total. The fraction of sp³-hybridized carbons (Fsp3) is 0.281. The van der Waals surface area contributed by atoms with Crippen molar-refractivity contribution in [2.24, 2.45) is 22.7 Å². The quantitative estimate of drug-likeness (QED) is 0.409. The minimum absolute atomic E-state index is 0.00143. The van der Waals surface area contributed by atoms with Crippen molar-refractivity contribution in [1.29, 1.82) is 0 Å². The van der Waals surface area contributed by atoms with Gasteiger partial charge in [0.2, 0.25) is 11.8 Å². The molecule has 1 saturated carbocycles. The number of carbonyl (C=O) groups excluding carboxylic acids is 3. The van der Waals surface area contributed by atoms with Crippen LogP contribution in [0.25, 0.3) is 11.1 Å². The number of ketones is 1. The summed E-state index contributed by atoms with van der Waals surface area (Å²) in [7, 11) is 1.56. The van der Waals surface area contributed by atoms with E-state index in [1.165, 1.54) is 4.90 Å². The van der Waals surface area contributed by atoms with E-state index in [0.717, 1.165) is 22.3 Å². The Kier molecular flexibility index (Phi) is 5.23. The van der Waals surface area contributed by atoms with Gasteiger partial charge in [-0.3, -0.25) is 14.4 Å². The molecule has 3 aromatic carbocycles. The molecular weight excluding hydrogens is 462 g/mol. The molecule has 0 radical (unpaired) electrons. The maximum Gasteiger partial charge on any atom is 0.239 e. The maximum atomic E-state index is 14.6. The summed E-state index contributed by atoms with van der Waals surface area (Å²) in [4.78, 5) is 44.4. The summed E-state index contributed by atoms with van der Waals surface area (Å²) in [6, 6.07) is 26.8. The molecule has 4 atom stereocenters. The van der Waals surface area contributed by atoms with Crippen LogP contribution in [0.5, 0.6) is 5.75 Å². The van der Waals surface area contributed by atoms with Crippen LogP contribution in [0.2, 0.25) is 0 Å². The average Bonchev–Trinajstić information content (AvgIpc) is 3.39. The number of ether oxygens (including phenoxy) is 1. The van der Waals surface area contributed by atoms with E-state index in [-0.39, 0.29) is 17.6 Å². The zero-order chi connectivity index (χ0) is 25.9. The van der Waals surface area contributed by atoms with Gasteiger partial charge in [-0.2, -0.15) is 0 Å². The molecule has 1 aliphatic heterocycles. The van der Waals surface area contributed by atoms with Gasteiger partial charge in [-0.05, 0) is 47.8 Å². The molecule has 0 aromatic heterocycles. The van der Waals surface area contributed by atoms with Gasteiger partial charge in [0, 0.05) is 6.07 Å². The summed E-state index contributed by atoms with van der Waals surface area (Å²) in [5.74, 6) is -1.54. The summed E-state index contributed by atoms with van der Waals surface area (Å²) in [6.07, 6.45) is 1.22. The van der Waals surface area contributed by atoms with Crippen LogP contribution in [-0.2, 0) is 14.4 Å². The number of carbonyl (C=O) groups is 3. The van der Waals surface area contributed by atoms with Crippen molar-refractivity contribution in [3.63, 3.8) is 0 Å². The van der Waals surface area contributed by atoms with Crippen LogP contribution in [-0.4, -0.2) is 24.7 Å². The van der Waals surface area contributed by atoms with E-state index in [0.29, 0.717) is 24.3 Å². The number of rotatable bonds is 6. The molecule has 3 aromatic rings. The lowest BCUT2D eigenvalue weighted by Crippen LogP contribution is -2.41. The van der Waals surface area contributed by atoms with Crippen molar-refractivity contribution < 1.29 is 19.1 Å². The summed E-state index contributed by atoms with van der Waals surface area (Å²) < 4.78 is 5.37. The van der Waals surface area contributed by atoms with Crippen LogP contribution in [0.15, 0.2) is 84.9 Å². The number of methoxy groups -OCH3 is 1. The van der Waals surface area contributed by atoms with Crippen molar-refractivity contribution in [1.82, 2.24) is 0 Å². The predicted octanol–water partition coefficient (Wildman–Crippen LogP) is 5.80. The number of Topliss-reactive ketones (excluding diaryl/α,β-unsaturated/α-hetero) is 1. The van der Waals surface area contributed by atoms with Gasteiger partial charge in [0.1, 0.15) is 5.75 Å². The smallest absolute Gasteiger partial charge is 0.239 e. The molecule has 5 heteroatoms. The van der Waals surface area contributed by atoms with E-state index >= 15 is 0 Å². The number of anilines is 1. The first kappa shape index (κ1) is 23.4. The Labute approximate surface area is 216 Å². The maximum absolute atomic E-state index is 14.6. The van der Waals surface area contributed by atoms with Gasteiger partial charge in [0.15, 0.2) is 5.78 Å². The second kappa shape index (κ2) is 8.27. The molecule has 2 aliphatic carbocycles. The van der Waals surface area contributed by atoms with Gasteiger partial charge in [0.05, 0.1) is 35.5 Å². The Balaban J connectivity index is 1.64. The van der Waals surface area contributed by atoms with Crippen LogP contribution in [0.4, 0.5) is 5.69 Å². The Hall–Kier alpha value is -3.99. The molecule has 1 saturated heterocycles. The van der Waals surface area contributed by atoms with E-state index in [1.54, 1.807) is 31.4 Å². The van der Waals surface area contributed by atoms with Crippen molar-refractivity contribution in [2.75, 3.05) is 12.0 Å². The fourth-order valence-corrected chi connectivity index (χ4v) is 7.36. The van der Waals surface area contributed by atoms with Crippen LogP contribution in [0.3, 0.4) is 0 Å². The highest BCUT2D eigenvalue weighted by atomic mass is 16.5. The molecular formula is C32H29NO4. The van der Waals surface area contributed by atoms with Crippen LogP contribution >= 0.6 is 0 Å². The van der Waals surface area contributed by atoms with Gasteiger partial charge in [-0.25, -0.2) is 4.90 Å². The minimum atomic E-state index is -1.12. The third-order valence-electron chi connectivity index (χ3n) is 8.63. The van der Waals surface area contributed by atoms with Crippen LogP contribution in [0, 0.1) is 22.7 Å². The topological polar surface area (TPSA) is 63.7 Å². The Morgan fingerprint density at radius 3 is 1.97 bits per heavy atom. The highest BCUT2D eigenvalue weighted by Gasteiger charge is 2.80. The number of amides is 2. The van der Waals surface area contributed by atoms with Crippen LogP contribution in [0.1, 0.15) is 37.8 Å². The molecule has 2 bridgehead atoms. The SMILES string of the molecule is CCC[C@@]12C(=O)[C@@](C)(C(c3ccccc3)=C1c1ccccc1)[C@@H]1C(=O)N(c3cccc(OC)c3)C(=O)[C@H]12. The average molecular weight is 492 g/mol. The molecule has 37 heavy (non-hydrogen) atoms. The van der Waals surface area contributed by atoms with Gasteiger partial charge in [-0.15, -0.1) is 0 Å². The molecule has 0 spiro atoms. The predicted molar refractivity (Wildman–Crippen MR) is 143 cm³/mol. The van der Waals surface area contributed by atoms with Gasteiger partial charge < -0.3 is 4.74 Å². The lowest BCUT2D eigenvalue weighted by Gasteiger charge is -2.37.